The van der Waals surface area contributed by atoms with Gasteiger partial charge in [0.05, 0.1) is 55.5 Å². The van der Waals surface area contributed by atoms with Gasteiger partial charge < -0.3 is 51.7 Å². The molecule has 3 aliphatic rings. The second-order valence-corrected chi connectivity index (χ2v) is 20.1. The molecule has 3 aromatic carbocycles. The van der Waals surface area contributed by atoms with Crippen molar-refractivity contribution >= 4 is 81.2 Å². The molecule has 21 heteroatoms. The van der Waals surface area contributed by atoms with Crippen molar-refractivity contribution in [1.29, 1.82) is 0 Å². The van der Waals surface area contributed by atoms with Crippen molar-refractivity contribution in [3.63, 3.8) is 0 Å². The molecule has 1 heterocycles. The van der Waals surface area contributed by atoms with Crippen molar-refractivity contribution in [1.82, 2.24) is 26.2 Å². The van der Waals surface area contributed by atoms with Crippen LogP contribution in [0, 0.1) is 11.8 Å². The highest BCUT2D eigenvalue weighted by atomic mass is 127. The molecule has 7 amide bonds. The normalized spacial score (nSPS) is 19.3. The van der Waals surface area contributed by atoms with Gasteiger partial charge in [-0.25, -0.2) is 0 Å². The molecule has 0 saturated carbocycles. The lowest BCUT2D eigenvalue weighted by atomic mass is 9.72. The lowest BCUT2D eigenvalue weighted by molar-refractivity contribution is -0.144. The lowest BCUT2D eigenvalue weighted by Gasteiger charge is -2.37. The standard InChI is InChI=1S/C47H53IN6O14/c1-23(2)12-14-46(3,48)28-16-35(60)54(44(28)65)15-13-31(56)49-20-32(57)50-21-33(58)51-22-34(59)53-25-10-8-24(9-11-25)19-52-45(66)47(67)17-27-36(29(55)18-47)42(63)39-38(41(27)62)40(61)26-6-5-7-30(68-4)37(26)43(39)64/h5-11,23,28-29,55,62-63,67H,12-22H2,1-4H3,(H,49,56)(H,50,57)(H,51,58)(H,52,66)(H,53,59)/t28?,29-,46?,47-/m0/s1. The molecule has 2 aliphatic carbocycles. The second-order valence-electron chi connectivity index (χ2n) is 17.7. The first-order valence-electron chi connectivity index (χ1n) is 21.8. The molecule has 0 spiro atoms. The average molecular weight is 1050 g/mol. The number of aliphatic hydroxyl groups is 2. The number of methoxy groups -OCH3 is 1. The van der Waals surface area contributed by atoms with Crippen LogP contribution in [0.1, 0.15) is 108 Å². The number of nitrogens with one attached hydrogen (secondary N) is 5. The highest BCUT2D eigenvalue weighted by molar-refractivity contribution is 14.1. The van der Waals surface area contributed by atoms with E-state index in [1.165, 1.54) is 37.4 Å². The van der Waals surface area contributed by atoms with Gasteiger partial charge in [0.15, 0.2) is 5.78 Å². The Labute approximate surface area is 404 Å². The molecule has 9 N–H and O–H groups in total. The molecular weight excluding hydrogens is 999 g/mol. The van der Waals surface area contributed by atoms with Gasteiger partial charge in [0.25, 0.3) is 5.91 Å². The predicted octanol–water partition coefficient (Wildman–Crippen LogP) is 1.59. The van der Waals surface area contributed by atoms with Gasteiger partial charge in [-0.15, -0.1) is 0 Å². The number of amides is 7. The summed E-state index contributed by atoms with van der Waals surface area (Å²) in [6.07, 6.45) is -1.42. The third kappa shape index (κ3) is 10.9. The van der Waals surface area contributed by atoms with Gasteiger partial charge in [0, 0.05) is 64.6 Å². The molecule has 68 heavy (non-hydrogen) atoms. The van der Waals surface area contributed by atoms with E-state index in [1.807, 2.05) is 6.92 Å². The minimum absolute atomic E-state index is 0.0666. The van der Waals surface area contributed by atoms with Crippen LogP contribution >= 0.6 is 22.6 Å². The molecular formula is C47H53IN6O14. The Morgan fingerprint density at radius 2 is 1.47 bits per heavy atom. The number of benzene rings is 3. The molecule has 4 atom stereocenters. The number of phenolic OH excluding ortho intramolecular Hbond substituents is 2. The summed E-state index contributed by atoms with van der Waals surface area (Å²) in [7, 11) is 1.30. The Bertz CT molecular complexity index is 2580. The number of ether oxygens (including phenoxy) is 1. The van der Waals surface area contributed by atoms with Crippen LogP contribution < -0.4 is 31.3 Å². The maximum atomic E-state index is 13.6. The zero-order valence-electron chi connectivity index (χ0n) is 37.7. The molecule has 3 aromatic rings. The largest absolute Gasteiger partial charge is 0.507 e. The first-order chi connectivity index (χ1) is 32.1. The Kier molecular flexibility index (Phi) is 15.6. The van der Waals surface area contributed by atoms with Crippen molar-refractivity contribution < 1.29 is 68.3 Å². The van der Waals surface area contributed by atoms with E-state index in [0.717, 1.165) is 17.7 Å². The van der Waals surface area contributed by atoms with Crippen LogP contribution in [-0.4, -0.2) is 121 Å². The number of alkyl halides is 1. The molecule has 2 unspecified atom stereocenters. The van der Waals surface area contributed by atoms with Crippen LogP contribution in [0.15, 0.2) is 42.5 Å². The Morgan fingerprint density at radius 1 is 0.853 bits per heavy atom. The van der Waals surface area contributed by atoms with Gasteiger partial charge in [-0.1, -0.05) is 60.7 Å². The molecule has 6 rings (SSSR count). The molecule has 0 aromatic heterocycles. The maximum Gasteiger partial charge on any atom is 0.252 e. The third-order valence-electron chi connectivity index (χ3n) is 12.3. The van der Waals surface area contributed by atoms with Crippen LogP contribution in [0.2, 0.25) is 0 Å². The van der Waals surface area contributed by atoms with E-state index < -0.39 is 117 Å². The number of rotatable bonds is 18. The fourth-order valence-corrected chi connectivity index (χ4v) is 9.27. The smallest absolute Gasteiger partial charge is 0.252 e. The fourth-order valence-electron chi connectivity index (χ4n) is 8.47. The minimum atomic E-state index is -2.32. The highest BCUT2D eigenvalue weighted by Crippen LogP contribution is 2.51. The zero-order valence-corrected chi connectivity index (χ0v) is 39.9. The Morgan fingerprint density at radius 3 is 2.10 bits per heavy atom. The number of carbonyl (C=O) groups is 9. The van der Waals surface area contributed by atoms with Crippen molar-refractivity contribution in [2.24, 2.45) is 11.8 Å². The molecule has 362 valence electrons. The number of aliphatic hydroxyl groups excluding tert-OH is 1. The summed E-state index contributed by atoms with van der Waals surface area (Å²) in [4.78, 5) is 117. The van der Waals surface area contributed by atoms with Crippen LogP contribution in [0.3, 0.4) is 0 Å². The number of hydrogen-bond acceptors (Lipinski definition) is 14. The summed E-state index contributed by atoms with van der Waals surface area (Å²) in [6, 6.07) is 10.4. The van der Waals surface area contributed by atoms with E-state index in [4.69, 9.17) is 4.74 Å². The Balaban J connectivity index is 0.912. The zero-order chi connectivity index (χ0) is 49.8. The van der Waals surface area contributed by atoms with E-state index in [2.05, 4.69) is 63.0 Å². The van der Waals surface area contributed by atoms with Crippen LogP contribution in [0.4, 0.5) is 5.69 Å². The summed E-state index contributed by atoms with van der Waals surface area (Å²) in [5.41, 5.74) is -3.31. The quantitative estimate of drug-likeness (QED) is 0.0296. The number of hydrogen-bond donors (Lipinski definition) is 9. The average Bonchev–Trinajstić information content (AvgIpc) is 3.59. The number of anilines is 1. The summed E-state index contributed by atoms with van der Waals surface area (Å²) >= 11 is 2.24. The van der Waals surface area contributed by atoms with Gasteiger partial charge in [0.2, 0.25) is 41.2 Å². The molecule has 1 aliphatic heterocycles. The van der Waals surface area contributed by atoms with Gasteiger partial charge >= 0.3 is 0 Å². The molecule has 20 nitrogen and oxygen atoms in total. The number of imide groups is 1. The predicted molar refractivity (Wildman–Crippen MR) is 250 cm³/mol. The van der Waals surface area contributed by atoms with E-state index in [-0.39, 0.29) is 65.7 Å². The van der Waals surface area contributed by atoms with Gasteiger partial charge in [-0.05, 0) is 49.4 Å². The molecule has 0 bridgehead atoms. The van der Waals surface area contributed by atoms with Gasteiger partial charge in [-0.2, -0.15) is 0 Å². The summed E-state index contributed by atoms with van der Waals surface area (Å²) in [5, 5.41) is 57.4. The number of fused-ring (bicyclic) bond motifs is 3. The van der Waals surface area contributed by atoms with Crippen molar-refractivity contribution in [3.8, 4) is 17.2 Å². The number of phenols is 2. The van der Waals surface area contributed by atoms with Crippen molar-refractivity contribution in [2.45, 2.75) is 81.0 Å². The molecule has 1 saturated heterocycles. The number of likely N-dealkylation sites (tertiary alicyclic amines) is 1. The van der Waals surface area contributed by atoms with E-state index in [1.54, 1.807) is 12.1 Å². The van der Waals surface area contributed by atoms with E-state index in [0.29, 0.717) is 17.2 Å². The lowest BCUT2D eigenvalue weighted by Crippen LogP contribution is -2.51. The van der Waals surface area contributed by atoms with E-state index in [9.17, 15) is 63.6 Å². The monoisotopic (exact) mass is 1050 g/mol. The first kappa shape index (κ1) is 50.9. The summed E-state index contributed by atoms with van der Waals surface area (Å²) in [6.45, 7) is 4.48. The molecule has 1 fully saturated rings. The number of halogens is 1. The molecule has 0 radical (unpaired) electrons. The SMILES string of the molecule is COc1cccc2c1C(=O)c1c(O)c3c(c(O)c1C2=O)C[C@@](O)(C(=O)NCc1ccc(NC(=O)CNC(=O)CNC(=O)CNC(=O)CCN2C(=O)CC(C(C)(I)CCC(C)C)C2=O)cc1)C[C@@H]3O. The highest BCUT2D eigenvalue weighted by Gasteiger charge is 2.49. The second kappa shape index (κ2) is 20.8. The maximum absolute atomic E-state index is 13.6. The van der Waals surface area contributed by atoms with Crippen LogP contribution in [-0.2, 0) is 46.5 Å². The third-order valence-corrected chi connectivity index (χ3v) is 13.6. The first-order valence-corrected chi connectivity index (χ1v) is 22.9. The number of nitrogens with zero attached hydrogens (tertiary/aromatic N) is 1. The minimum Gasteiger partial charge on any atom is -0.507 e. The number of ketones is 2. The fraction of sp³-hybridized carbons (Fsp3) is 0.426. The van der Waals surface area contributed by atoms with Crippen molar-refractivity contribution in [2.75, 3.05) is 38.6 Å². The summed E-state index contributed by atoms with van der Waals surface area (Å²) < 4.78 is 4.84. The Hall–Kier alpha value is -6.46. The van der Waals surface area contributed by atoms with Gasteiger partial charge in [-0.3, -0.25) is 48.1 Å². The van der Waals surface area contributed by atoms with Crippen LogP contribution in [0.5, 0.6) is 17.2 Å². The summed E-state index contributed by atoms with van der Waals surface area (Å²) in [5.74, 6) is -7.25. The van der Waals surface area contributed by atoms with Gasteiger partial charge in [0.1, 0.15) is 22.8 Å². The van der Waals surface area contributed by atoms with Crippen molar-refractivity contribution in [3.05, 3.63) is 81.4 Å². The topological polar surface area (TPSA) is 307 Å². The number of aromatic hydroxyl groups is 2. The number of carbonyl (C=O) groups excluding carboxylic acids is 9. The van der Waals surface area contributed by atoms with E-state index >= 15 is 0 Å². The van der Waals surface area contributed by atoms with Crippen LogP contribution in [0.25, 0.3) is 0 Å².